The van der Waals surface area contributed by atoms with Gasteiger partial charge in [0.2, 0.25) is 11.8 Å². The maximum absolute atomic E-state index is 13.1. The number of benzene rings is 3. The molecule has 1 aliphatic heterocycles. The first-order chi connectivity index (χ1) is 19.2. The van der Waals surface area contributed by atoms with Crippen molar-refractivity contribution in [3.8, 4) is 0 Å². The van der Waals surface area contributed by atoms with Gasteiger partial charge in [-0.3, -0.25) is 19.3 Å². The number of likely N-dealkylation sites (N-methyl/N-ethyl adjacent to an activating group) is 1. The molecule has 2 atom stereocenters. The van der Waals surface area contributed by atoms with Crippen molar-refractivity contribution in [2.24, 2.45) is 5.92 Å². The van der Waals surface area contributed by atoms with E-state index in [0.717, 1.165) is 22.3 Å². The van der Waals surface area contributed by atoms with Crippen LogP contribution in [0.2, 0.25) is 0 Å². The molecule has 9 nitrogen and oxygen atoms in total. The highest BCUT2D eigenvalue weighted by molar-refractivity contribution is 5.94. The number of carboxylic acid groups (broad SMARTS) is 1. The van der Waals surface area contributed by atoms with E-state index in [9.17, 15) is 19.5 Å². The molecular formula is C31H32N4O5. The summed E-state index contributed by atoms with van der Waals surface area (Å²) in [4.78, 5) is 46.5. The standard InChI is InChI=1S/C31H32N4O5/c1-4-35(24-8-6-5-7-9-24)31-32-27-15-10-21(16-28(27)40-31)17-29(37)33(3)23-13-11-22(12-14-23)25-18-34(20(2)36)19-26(25)30(38)39/h5-16,25-26H,4,17-19H2,1-3H3,(H,38,39). The van der Waals surface area contributed by atoms with Crippen LogP contribution in [0.25, 0.3) is 11.1 Å². The lowest BCUT2D eigenvalue weighted by Gasteiger charge is -2.20. The minimum Gasteiger partial charge on any atom is -0.481 e. The van der Waals surface area contributed by atoms with Gasteiger partial charge in [0.25, 0.3) is 0 Å². The van der Waals surface area contributed by atoms with E-state index in [1.807, 2.05) is 84.6 Å². The molecule has 0 radical (unpaired) electrons. The zero-order chi connectivity index (χ0) is 28.4. The van der Waals surface area contributed by atoms with Crippen LogP contribution in [-0.4, -0.2) is 59.5 Å². The maximum Gasteiger partial charge on any atom is 0.308 e. The number of amides is 2. The SMILES string of the molecule is CCN(c1ccccc1)c1nc2ccc(CC(=O)N(C)c3ccc(C4CN(C(C)=O)CC4C(=O)O)cc3)cc2o1. The number of carboxylic acids is 1. The molecule has 1 fully saturated rings. The van der Waals surface area contributed by atoms with Crippen LogP contribution in [0.5, 0.6) is 0 Å². The smallest absolute Gasteiger partial charge is 0.308 e. The van der Waals surface area contributed by atoms with Crippen molar-refractivity contribution in [3.05, 3.63) is 83.9 Å². The van der Waals surface area contributed by atoms with Gasteiger partial charge in [0, 0.05) is 50.9 Å². The van der Waals surface area contributed by atoms with Gasteiger partial charge >= 0.3 is 12.0 Å². The molecule has 4 aromatic rings. The lowest BCUT2D eigenvalue weighted by atomic mass is 9.89. The molecule has 1 aromatic heterocycles. The van der Waals surface area contributed by atoms with Gasteiger partial charge < -0.3 is 19.3 Å². The summed E-state index contributed by atoms with van der Waals surface area (Å²) in [7, 11) is 1.72. The first-order valence-electron chi connectivity index (χ1n) is 13.3. The Hall–Kier alpha value is -4.66. The van der Waals surface area contributed by atoms with E-state index in [1.54, 1.807) is 16.8 Å². The summed E-state index contributed by atoms with van der Waals surface area (Å²) in [5, 5.41) is 9.66. The number of hydrogen-bond donors (Lipinski definition) is 1. The zero-order valence-electron chi connectivity index (χ0n) is 22.8. The summed E-state index contributed by atoms with van der Waals surface area (Å²) < 4.78 is 6.08. The highest BCUT2D eigenvalue weighted by Gasteiger charge is 2.39. The lowest BCUT2D eigenvalue weighted by Crippen LogP contribution is -2.28. The van der Waals surface area contributed by atoms with Crippen LogP contribution in [0, 0.1) is 5.92 Å². The van der Waals surface area contributed by atoms with Crippen molar-refractivity contribution in [1.82, 2.24) is 9.88 Å². The van der Waals surface area contributed by atoms with Crippen LogP contribution in [0.4, 0.5) is 17.4 Å². The van der Waals surface area contributed by atoms with Crippen molar-refractivity contribution in [3.63, 3.8) is 0 Å². The number of para-hydroxylation sites is 1. The van der Waals surface area contributed by atoms with Crippen molar-refractivity contribution in [2.45, 2.75) is 26.2 Å². The summed E-state index contributed by atoms with van der Waals surface area (Å²) in [6, 6.07) is 23.3. The van der Waals surface area contributed by atoms with Gasteiger partial charge in [-0.05, 0) is 54.4 Å². The predicted molar refractivity (Wildman–Crippen MR) is 153 cm³/mol. The van der Waals surface area contributed by atoms with Crippen LogP contribution in [0.15, 0.2) is 77.2 Å². The number of rotatable bonds is 8. The highest BCUT2D eigenvalue weighted by atomic mass is 16.4. The fourth-order valence-electron chi connectivity index (χ4n) is 5.25. The summed E-state index contributed by atoms with van der Waals surface area (Å²) in [5.74, 6) is -2.09. The average Bonchev–Trinajstić information content (AvgIpc) is 3.59. The second-order valence-electron chi connectivity index (χ2n) is 10.1. The molecule has 0 aliphatic carbocycles. The van der Waals surface area contributed by atoms with Crippen molar-refractivity contribution in [1.29, 1.82) is 0 Å². The third-order valence-corrected chi connectivity index (χ3v) is 7.58. The Labute approximate surface area is 232 Å². The third-order valence-electron chi connectivity index (χ3n) is 7.58. The number of fused-ring (bicyclic) bond motifs is 1. The minimum absolute atomic E-state index is 0.0988. The van der Waals surface area contributed by atoms with Crippen LogP contribution in [0.1, 0.15) is 30.9 Å². The van der Waals surface area contributed by atoms with Gasteiger partial charge in [-0.25, -0.2) is 0 Å². The van der Waals surface area contributed by atoms with Crippen molar-refractivity contribution >= 4 is 46.3 Å². The number of aliphatic carboxylic acids is 1. The molecule has 40 heavy (non-hydrogen) atoms. The predicted octanol–water partition coefficient (Wildman–Crippen LogP) is 4.84. The largest absolute Gasteiger partial charge is 0.481 e. The van der Waals surface area contributed by atoms with Crippen LogP contribution < -0.4 is 9.80 Å². The molecule has 0 saturated carbocycles. The Morgan fingerprint density at radius 1 is 1.00 bits per heavy atom. The van der Waals surface area contributed by atoms with Gasteiger partial charge in [-0.15, -0.1) is 0 Å². The molecule has 2 amide bonds. The number of aromatic nitrogens is 1. The lowest BCUT2D eigenvalue weighted by molar-refractivity contribution is -0.141. The van der Waals surface area contributed by atoms with Crippen LogP contribution >= 0.6 is 0 Å². The summed E-state index contributed by atoms with van der Waals surface area (Å²) in [6.45, 7) is 4.75. The zero-order valence-corrected chi connectivity index (χ0v) is 22.8. The Bertz CT molecular complexity index is 1530. The van der Waals surface area contributed by atoms with Crippen LogP contribution in [0.3, 0.4) is 0 Å². The van der Waals surface area contributed by atoms with Gasteiger partial charge in [0.1, 0.15) is 5.52 Å². The second kappa shape index (κ2) is 11.2. The average molecular weight is 541 g/mol. The molecule has 1 saturated heterocycles. The third kappa shape index (κ3) is 5.40. The molecule has 9 heteroatoms. The Morgan fingerprint density at radius 2 is 1.73 bits per heavy atom. The molecule has 1 N–H and O–H groups in total. The maximum atomic E-state index is 13.1. The number of anilines is 3. The molecule has 0 bridgehead atoms. The number of likely N-dealkylation sites (tertiary alicyclic amines) is 1. The molecule has 2 unspecified atom stereocenters. The molecule has 2 heterocycles. The number of oxazole rings is 1. The van der Waals surface area contributed by atoms with E-state index < -0.39 is 11.9 Å². The molecular weight excluding hydrogens is 508 g/mol. The Balaban J connectivity index is 1.28. The number of nitrogens with zero attached hydrogens (tertiary/aromatic N) is 4. The number of carbonyl (C=O) groups excluding carboxylic acids is 2. The quantitative estimate of drug-likeness (QED) is 0.341. The van der Waals surface area contributed by atoms with E-state index in [0.29, 0.717) is 30.4 Å². The first kappa shape index (κ1) is 26.9. The minimum atomic E-state index is -0.913. The van der Waals surface area contributed by atoms with Crippen LogP contribution in [-0.2, 0) is 20.8 Å². The molecule has 5 rings (SSSR count). The fraction of sp³-hybridized carbons (Fsp3) is 0.290. The Morgan fingerprint density at radius 3 is 2.38 bits per heavy atom. The van der Waals surface area contributed by atoms with E-state index in [2.05, 4.69) is 4.98 Å². The van der Waals surface area contributed by atoms with Gasteiger partial charge in [0.15, 0.2) is 5.58 Å². The number of carbonyl (C=O) groups is 3. The van der Waals surface area contributed by atoms with E-state index in [1.165, 1.54) is 6.92 Å². The monoisotopic (exact) mass is 540 g/mol. The number of hydrogen-bond acceptors (Lipinski definition) is 6. The van der Waals surface area contributed by atoms with E-state index in [4.69, 9.17) is 4.42 Å². The van der Waals surface area contributed by atoms with Gasteiger partial charge in [-0.1, -0.05) is 36.4 Å². The van der Waals surface area contributed by atoms with Crippen molar-refractivity contribution in [2.75, 3.05) is 36.5 Å². The van der Waals surface area contributed by atoms with E-state index >= 15 is 0 Å². The van der Waals surface area contributed by atoms with Gasteiger partial charge in [0.05, 0.1) is 12.3 Å². The summed E-state index contributed by atoms with van der Waals surface area (Å²) in [5.41, 5.74) is 4.67. The Kier molecular flexibility index (Phi) is 7.55. The van der Waals surface area contributed by atoms with Gasteiger partial charge in [-0.2, -0.15) is 4.98 Å². The van der Waals surface area contributed by atoms with Crippen molar-refractivity contribution < 1.29 is 23.9 Å². The first-order valence-corrected chi connectivity index (χ1v) is 13.3. The second-order valence-corrected chi connectivity index (χ2v) is 10.1. The molecule has 206 valence electrons. The molecule has 3 aromatic carbocycles. The normalized spacial score (nSPS) is 16.7. The molecule has 0 spiro atoms. The molecule has 1 aliphatic rings. The summed E-state index contributed by atoms with van der Waals surface area (Å²) in [6.07, 6.45) is 0.178. The van der Waals surface area contributed by atoms with E-state index in [-0.39, 0.29) is 30.7 Å². The fourth-order valence-corrected chi connectivity index (χ4v) is 5.25. The topological polar surface area (TPSA) is 107 Å². The summed E-state index contributed by atoms with van der Waals surface area (Å²) >= 11 is 0. The highest BCUT2D eigenvalue weighted by Crippen LogP contribution is 2.34.